The molecular formula is C9H20N2O2. The molecule has 0 aromatic carbocycles. The van der Waals surface area contributed by atoms with Gasteiger partial charge in [-0.3, -0.25) is 4.79 Å². The van der Waals surface area contributed by atoms with E-state index >= 15 is 0 Å². The number of aliphatic hydroxyl groups excluding tert-OH is 1. The van der Waals surface area contributed by atoms with Crippen molar-refractivity contribution < 1.29 is 9.90 Å². The Labute approximate surface area is 79.5 Å². The summed E-state index contributed by atoms with van der Waals surface area (Å²) in [5, 5.41) is 11.6. The van der Waals surface area contributed by atoms with E-state index in [1.54, 1.807) is 6.92 Å². The second kappa shape index (κ2) is 6.86. The van der Waals surface area contributed by atoms with Crippen LogP contribution < -0.4 is 11.1 Å². The molecule has 2 atom stereocenters. The maximum atomic E-state index is 11.4. The summed E-state index contributed by atoms with van der Waals surface area (Å²) in [6.07, 6.45) is 1.26. The maximum absolute atomic E-state index is 11.4. The first-order valence-electron chi connectivity index (χ1n) is 4.77. The number of carbonyl (C=O) groups is 1. The molecule has 0 aromatic rings. The third kappa shape index (κ3) is 5.60. The van der Waals surface area contributed by atoms with Gasteiger partial charge in [-0.1, -0.05) is 13.3 Å². The quantitative estimate of drug-likeness (QED) is 0.543. The summed E-state index contributed by atoms with van der Waals surface area (Å²) in [6.45, 7) is 4.33. The fourth-order valence-corrected chi connectivity index (χ4v) is 1.10. The molecule has 0 radical (unpaired) electrons. The van der Waals surface area contributed by atoms with E-state index in [0.29, 0.717) is 13.1 Å². The van der Waals surface area contributed by atoms with E-state index in [9.17, 15) is 4.79 Å². The molecule has 1 amide bonds. The topological polar surface area (TPSA) is 75.4 Å². The van der Waals surface area contributed by atoms with Crippen molar-refractivity contribution in [2.24, 2.45) is 11.7 Å². The van der Waals surface area contributed by atoms with Crippen LogP contribution in [-0.4, -0.2) is 30.2 Å². The van der Waals surface area contributed by atoms with Crippen LogP contribution >= 0.6 is 0 Å². The van der Waals surface area contributed by atoms with Crippen LogP contribution in [0, 0.1) is 5.92 Å². The molecule has 13 heavy (non-hydrogen) atoms. The van der Waals surface area contributed by atoms with Gasteiger partial charge in [0, 0.05) is 13.1 Å². The molecule has 0 rings (SSSR count). The average molecular weight is 188 g/mol. The number of rotatable bonds is 6. The van der Waals surface area contributed by atoms with E-state index in [0.717, 1.165) is 12.8 Å². The van der Waals surface area contributed by atoms with Crippen molar-refractivity contribution >= 4 is 5.91 Å². The van der Waals surface area contributed by atoms with Gasteiger partial charge in [0.15, 0.2) is 0 Å². The smallest absolute Gasteiger partial charge is 0.224 e. The molecule has 4 nitrogen and oxygen atoms in total. The summed E-state index contributed by atoms with van der Waals surface area (Å²) in [5.74, 6) is -0.158. The summed E-state index contributed by atoms with van der Waals surface area (Å²) in [7, 11) is 0. The zero-order valence-corrected chi connectivity index (χ0v) is 8.42. The van der Waals surface area contributed by atoms with Gasteiger partial charge in [0.05, 0.1) is 12.0 Å². The molecule has 78 valence electrons. The van der Waals surface area contributed by atoms with E-state index in [1.165, 1.54) is 0 Å². The highest BCUT2D eigenvalue weighted by molar-refractivity contribution is 5.78. The van der Waals surface area contributed by atoms with Crippen molar-refractivity contribution in [2.45, 2.75) is 32.8 Å². The van der Waals surface area contributed by atoms with Gasteiger partial charge in [0.1, 0.15) is 0 Å². The second-order valence-electron chi connectivity index (χ2n) is 3.32. The second-order valence-corrected chi connectivity index (χ2v) is 3.32. The summed E-state index contributed by atoms with van der Waals surface area (Å²) in [5.41, 5.74) is 5.44. The minimum atomic E-state index is -0.496. The molecule has 4 heteroatoms. The number of aliphatic hydroxyl groups is 1. The van der Waals surface area contributed by atoms with E-state index in [-0.39, 0.29) is 11.8 Å². The number of hydrogen-bond acceptors (Lipinski definition) is 3. The van der Waals surface area contributed by atoms with Crippen molar-refractivity contribution in [1.29, 1.82) is 0 Å². The lowest BCUT2D eigenvalue weighted by Gasteiger charge is -2.14. The van der Waals surface area contributed by atoms with Crippen LogP contribution in [-0.2, 0) is 4.79 Å². The highest BCUT2D eigenvalue weighted by Gasteiger charge is 2.15. The zero-order valence-electron chi connectivity index (χ0n) is 8.42. The minimum Gasteiger partial charge on any atom is -0.392 e. The Hall–Kier alpha value is -0.610. The van der Waals surface area contributed by atoms with Crippen LogP contribution in [0.3, 0.4) is 0 Å². The molecule has 1 unspecified atom stereocenters. The first kappa shape index (κ1) is 12.4. The Balaban J connectivity index is 3.77. The van der Waals surface area contributed by atoms with Crippen LogP contribution in [0.15, 0.2) is 0 Å². The molecule has 0 saturated carbocycles. The van der Waals surface area contributed by atoms with Crippen LogP contribution in [0.2, 0.25) is 0 Å². The molecule has 0 spiro atoms. The van der Waals surface area contributed by atoms with Gasteiger partial charge in [0.25, 0.3) is 0 Å². The van der Waals surface area contributed by atoms with Crippen molar-refractivity contribution in [1.82, 2.24) is 5.32 Å². The molecule has 0 bridgehead atoms. The standard InChI is InChI=1S/C9H20N2O2/c1-3-4-8(5-10)9(13)11-6-7(2)12/h7-8,12H,3-6,10H2,1-2H3,(H,11,13)/t7-,8?/m0/s1. The van der Waals surface area contributed by atoms with Gasteiger partial charge in [-0.2, -0.15) is 0 Å². The molecule has 0 heterocycles. The highest BCUT2D eigenvalue weighted by Crippen LogP contribution is 2.03. The molecular weight excluding hydrogens is 168 g/mol. The fourth-order valence-electron chi connectivity index (χ4n) is 1.10. The first-order chi connectivity index (χ1) is 6.11. The largest absolute Gasteiger partial charge is 0.392 e. The van der Waals surface area contributed by atoms with E-state index in [4.69, 9.17) is 10.8 Å². The van der Waals surface area contributed by atoms with Crippen molar-refractivity contribution in [2.75, 3.05) is 13.1 Å². The number of nitrogens with two attached hydrogens (primary N) is 1. The predicted octanol–water partition coefficient (Wildman–Crippen LogP) is -0.142. The van der Waals surface area contributed by atoms with Crippen molar-refractivity contribution in [3.8, 4) is 0 Å². The highest BCUT2D eigenvalue weighted by atomic mass is 16.3. The first-order valence-corrected chi connectivity index (χ1v) is 4.77. The number of hydrogen-bond donors (Lipinski definition) is 3. The zero-order chi connectivity index (χ0) is 10.3. The van der Waals surface area contributed by atoms with Crippen LogP contribution in [0.1, 0.15) is 26.7 Å². The average Bonchev–Trinajstić information content (AvgIpc) is 2.10. The lowest BCUT2D eigenvalue weighted by Crippen LogP contribution is -2.38. The third-order valence-electron chi connectivity index (χ3n) is 1.86. The monoisotopic (exact) mass is 188 g/mol. The van der Waals surface area contributed by atoms with Gasteiger partial charge in [-0.05, 0) is 13.3 Å². The molecule has 0 aliphatic heterocycles. The van der Waals surface area contributed by atoms with Gasteiger partial charge < -0.3 is 16.2 Å². The summed E-state index contributed by atoms with van der Waals surface area (Å²) in [4.78, 5) is 11.4. The molecule has 0 aliphatic rings. The van der Waals surface area contributed by atoms with E-state index in [2.05, 4.69) is 5.32 Å². The van der Waals surface area contributed by atoms with E-state index in [1.807, 2.05) is 6.92 Å². The Morgan fingerprint density at radius 1 is 1.62 bits per heavy atom. The Morgan fingerprint density at radius 3 is 2.62 bits per heavy atom. The molecule has 0 aromatic heterocycles. The molecule has 4 N–H and O–H groups in total. The van der Waals surface area contributed by atoms with E-state index < -0.39 is 6.10 Å². The third-order valence-corrected chi connectivity index (χ3v) is 1.86. The van der Waals surface area contributed by atoms with Crippen molar-refractivity contribution in [3.63, 3.8) is 0 Å². The summed E-state index contributed by atoms with van der Waals surface area (Å²) >= 11 is 0. The Bertz CT molecular complexity index is 149. The van der Waals surface area contributed by atoms with Crippen LogP contribution in [0.4, 0.5) is 0 Å². The molecule has 0 fully saturated rings. The number of amides is 1. The SMILES string of the molecule is CCCC(CN)C(=O)NC[C@H](C)O. The van der Waals surface area contributed by atoms with Gasteiger partial charge >= 0.3 is 0 Å². The normalized spacial score (nSPS) is 15.1. The van der Waals surface area contributed by atoms with Gasteiger partial charge in [0.2, 0.25) is 5.91 Å². The molecule has 0 aliphatic carbocycles. The molecule has 0 saturated heterocycles. The fraction of sp³-hybridized carbons (Fsp3) is 0.889. The minimum absolute atomic E-state index is 0.0507. The number of nitrogens with one attached hydrogen (secondary N) is 1. The lowest BCUT2D eigenvalue weighted by molar-refractivity contribution is -0.125. The predicted molar refractivity (Wildman–Crippen MR) is 52.1 cm³/mol. The number of carbonyl (C=O) groups excluding carboxylic acids is 1. The van der Waals surface area contributed by atoms with Crippen molar-refractivity contribution in [3.05, 3.63) is 0 Å². The Kier molecular flexibility index (Phi) is 6.54. The Morgan fingerprint density at radius 2 is 2.23 bits per heavy atom. The van der Waals surface area contributed by atoms with Crippen LogP contribution in [0.25, 0.3) is 0 Å². The maximum Gasteiger partial charge on any atom is 0.224 e. The summed E-state index contributed by atoms with van der Waals surface area (Å²) < 4.78 is 0. The van der Waals surface area contributed by atoms with Gasteiger partial charge in [-0.25, -0.2) is 0 Å². The van der Waals surface area contributed by atoms with Gasteiger partial charge in [-0.15, -0.1) is 0 Å². The lowest BCUT2D eigenvalue weighted by atomic mass is 10.0. The summed E-state index contributed by atoms with van der Waals surface area (Å²) in [6, 6.07) is 0. The van der Waals surface area contributed by atoms with Crippen LogP contribution in [0.5, 0.6) is 0 Å².